The van der Waals surface area contributed by atoms with E-state index in [1.807, 2.05) is 53.0 Å². The van der Waals surface area contributed by atoms with E-state index in [0.29, 0.717) is 6.04 Å². The molecule has 1 aliphatic heterocycles. The Morgan fingerprint density at radius 2 is 1.81 bits per heavy atom. The molecule has 6 heteroatoms. The molecule has 164 valence electrons. The van der Waals surface area contributed by atoms with Gasteiger partial charge in [0.05, 0.1) is 18.5 Å². The fraction of sp³-hybridized carbons (Fsp3) is 0.308. The van der Waals surface area contributed by atoms with Gasteiger partial charge in [-0.25, -0.2) is 4.98 Å². The van der Waals surface area contributed by atoms with Crippen molar-refractivity contribution in [2.24, 2.45) is 0 Å². The van der Waals surface area contributed by atoms with Crippen LogP contribution in [0.2, 0.25) is 0 Å². The van der Waals surface area contributed by atoms with Gasteiger partial charge in [0.25, 0.3) is 0 Å². The van der Waals surface area contributed by atoms with Crippen molar-refractivity contribution in [1.82, 2.24) is 14.6 Å². The number of rotatable bonds is 6. The number of fused-ring (bicyclic) bond motifs is 1. The molecule has 1 saturated heterocycles. The zero-order valence-electron chi connectivity index (χ0n) is 18.3. The van der Waals surface area contributed by atoms with Gasteiger partial charge in [-0.05, 0) is 37.8 Å². The van der Waals surface area contributed by atoms with E-state index in [2.05, 4.69) is 23.1 Å². The van der Waals surface area contributed by atoms with Gasteiger partial charge in [0.2, 0.25) is 0 Å². The molecule has 3 heterocycles. The monoisotopic (exact) mass is 428 g/mol. The van der Waals surface area contributed by atoms with Crippen molar-refractivity contribution in [3.05, 3.63) is 66.7 Å². The Labute approximate surface area is 188 Å². The standard InChI is InChI=1S/C26H28N4O2/c1-32-22-12-7-10-20(16-22)24-17-25-27-23(19-8-3-2-4-9-19)18-26(30(25)28-24)29-14-6-5-11-21(29)13-15-31/h2-4,7-10,12,16-18,21,31H,5-6,11,13-15H2,1H3. The van der Waals surface area contributed by atoms with Crippen molar-refractivity contribution in [2.75, 3.05) is 25.2 Å². The topological polar surface area (TPSA) is 62.9 Å². The van der Waals surface area contributed by atoms with Crippen LogP contribution < -0.4 is 9.64 Å². The molecule has 0 radical (unpaired) electrons. The average molecular weight is 429 g/mol. The van der Waals surface area contributed by atoms with Gasteiger partial charge in [0.15, 0.2) is 5.65 Å². The summed E-state index contributed by atoms with van der Waals surface area (Å²) in [5, 5.41) is 14.6. The summed E-state index contributed by atoms with van der Waals surface area (Å²) in [6.45, 7) is 1.14. The summed E-state index contributed by atoms with van der Waals surface area (Å²) in [5.41, 5.74) is 4.67. The summed E-state index contributed by atoms with van der Waals surface area (Å²) in [4.78, 5) is 7.36. The Kier molecular flexibility index (Phi) is 5.77. The molecule has 1 atom stereocenters. The minimum absolute atomic E-state index is 0.190. The van der Waals surface area contributed by atoms with E-state index in [1.165, 1.54) is 6.42 Å². The van der Waals surface area contributed by atoms with Crippen LogP contribution in [0.4, 0.5) is 5.82 Å². The highest BCUT2D eigenvalue weighted by Crippen LogP contribution is 2.32. The lowest BCUT2D eigenvalue weighted by molar-refractivity contribution is 0.262. The molecular weight excluding hydrogens is 400 g/mol. The number of piperidine rings is 1. The lowest BCUT2D eigenvalue weighted by Gasteiger charge is -2.37. The first kappa shape index (κ1) is 20.5. The van der Waals surface area contributed by atoms with E-state index in [4.69, 9.17) is 14.8 Å². The molecule has 0 aliphatic carbocycles. The van der Waals surface area contributed by atoms with Crippen molar-refractivity contribution in [1.29, 1.82) is 0 Å². The number of aliphatic hydroxyl groups excluding tert-OH is 1. The summed E-state index contributed by atoms with van der Waals surface area (Å²) < 4.78 is 7.36. The average Bonchev–Trinajstić information content (AvgIpc) is 3.29. The van der Waals surface area contributed by atoms with E-state index in [1.54, 1.807) is 7.11 Å². The molecule has 1 fully saturated rings. The maximum absolute atomic E-state index is 9.66. The number of ether oxygens (including phenoxy) is 1. The second-order valence-corrected chi connectivity index (χ2v) is 8.25. The molecule has 0 bridgehead atoms. The quantitative estimate of drug-likeness (QED) is 0.477. The summed E-state index contributed by atoms with van der Waals surface area (Å²) in [7, 11) is 1.67. The largest absolute Gasteiger partial charge is 0.497 e. The Morgan fingerprint density at radius 3 is 2.62 bits per heavy atom. The normalized spacial score (nSPS) is 16.4. The number of anilines is 1. The molecule has 0 saturated carbocycles. The molecule has 5 rings (SSSR count). The number of aliphatic hydroxyl groups is 1. The van der Waals surface area contributed by atoms with E-state index in [0.717, 1.165) is 65.5 Å². The van der Waals surface area contributed by atoms with Gasteiger partial charge in [-0.2, -0.15) is 9.61 Å². The molecule has 4 aromatic rings. The van der Waals surface area contributed by atoms with Crippen LogP contribution in [0.25, 0.3) is 28.2 Å². The lowest BCUT2D eigenvalue weighted by atomic mass is 9.99. The van der Waals surface area contributed by atoms with Gasteiger partial charge in [-0.3, -0.25) is 0 Å². The minimum Gasteiger partial charge on any atom is -0.497 e. The first-order chi connectivity index (χ1) is 15.8. The Bertz CT molecular complexity index is 1200. The van der Waals surface area contributed by atoms with Crippen molar-refractivity contribution < 1.29 is 9.84 Å². The van der Waals surface area contributed by atoms with Gasteiger partial charge < -0.3 is 14.7 Å². The molecule has 1 N–H and O–H groups in total. The van der Waals surface area contributed by atoms with E-state index in [-0.39, 0.29) is 6.61 Å². The Balaban J connectivity index is 1.68. The van der Waals surface area contributed by atoms with Crippen LogP contribution in [0.1, 0.15) is 25.7 Å². The van der Waals surface area contributed by atoms with Crippen LogP contribution in [0.15, 0.2) is 66.7 Å². The van der Waals surface area contributed by atoms with Gasteiger partial charge >= 0.3 is 0 Å². The molecule has 2 aromatic carbocycles. The summed E-state index contributed by atoms with van der Waals surface area (Å²) >= 11 is 0. The van der Waals surface area contributed by atoms with E-state index in [9.17, 15) is 5.11 Å². The van der Waals surface area contributed by atoms with Crippen LogP contribution >= 0.6 is 0 Å². The molecular formula is C26H28N4O2. The van der Waals surface area contributed by atoms with Crippen molar-refractivity contribution in [3.8, 4) is 28.3 Å². The molecule has 1 aliphatic rings. The van der Waals surface area contributed by atoms with Gasteiger partial charge in [0, 0.05) is 42.5 Å². The molecule has 0 spiro atoms. The number of benzene rings is 2. The highest BCUT2D eigenvalue weighted by Gasteiger charge is 2.26. The van der Waals surface area contributed by atoms with Crippen molar-refractivity contribution in [2.45, 2.75) is 31.7 Å². The third kappa shape index (κ3) is 3.94. The summed E-state index contributed by atoms with van der Waals surface area (Å²) in [6, 6.07) is 22.7. The third-order valence-electron chi connectivity index (χ3n) is 6.23. The summed E-state index contributed by atoms with van der Waals surface area (Å²) in [6.07, 6.45) is 4.16. The van der Waals surface area contributed by atoms with E-state index >= 15 is 0 Å². The smallest absolute Gasteiger partial charge is 0.158 e. The number of hydrogen-bond donors (Lipinski definition) is 1. The number of hydrogen-bond acceptors (Lipinski definition) is 5. The molecule has 6 nitrogen and oxygen atoms in total. The maximum Gasteiger partial charge on any atom is 0.158 e. The van der Waals surface area contributed by atoms with Crippen LogP contribution in [-0.2, 0) is 0 Å². The van der Waals surface area contributed by atoms with Crippen LogP contribution in [0.5, 0.6) is 5.75 Å². The predicted molar refractivity (Wildman–Crippen MR) is 127 cm³/mol. The zero-order valence-corrected chi connectivity index (χ0v) is 18.3. The third-order valence-corrected chi connectivity index (χ3v) is 6.23. The number of nitrogens with zero attached hydrogens (tertiary/aromatic N) is 4. The van der Waals surface area contributed by atoms with Crippen LogP contribution in [0, 0.1) is 0 Å². The zero-order chi connectivity index (χ0) is 21.9. The first-order valence-electron chi connectivity index (χ1n) is 11.2. The molecule has 32 heavy (non-hydrogen) atoms. The minimum atomic E-state index is 0.190. The SMILES string of the molecule is COc1cccc(-c2cc3nc(-c4ccccc4)cc(N4CCCCC4CCO)n3n2)c1. The number of methoxy groups -OCH3 is 1. The van der Waals surface area contributed by atoms with Crippen LogP contribution in [0.3, 0.4) is 0 Å². The summed E-state index contributed by atoms with van der Waals surface area (Å²) in [5.74, 6) is 1.83. The molecule has 0 amide bonds. The highest BCUT2D eigenvalue weighted by molar-refractivity contribution is 5.71. The second kappa shape index (κ2) is 9.01. The Hall–Kier alpha value is -3.38. The predicted octanol–water partition coefficient (Wildman–Crippen LogP) is 4.81. The number of aromatic nitrogens is 3. The first-order valence-corrected chi connectivity index (χ1v) is 11.2. The van der Waals surface area contributed by atoms with Gasteiger partial charge in [-0.15, -0.1) is 0 Å². The van der Waals surface area contributed by atoms with Gasteiger partial charge in [-0.1, -0.05) is 42.5 Å². The fourth-order valence-corrected chi connectivity index (χ4v) is 4.59. The maximum atomic E-state index is 9.66. The van der Waals surface area contributed by atoms with Crippen LogP contribution in [-0.4, -0.2) is 46.0 Å². The molecule has 2 aromatic heterocycles. The lowest BCUT2D eigenvalue weighted by Crippen LogP contribution is -2.41. The second-order valence-electron chi connectivity index (χ2n) is 8.25. The van der Waals surface area contributed by atoms with Crippen molar-refractivity contribution >= 4 is 11.5 Å². The van der Waals surface area contributed by atoms with Gasteiger partial charge in [0.1, 0.15) is 11.6 Å². The van der Waals surface area contributed by atoms with E-state index < -0.39 is 0 Å². The Morgan fingerprint density at radius 1 is 0.969 bits per heavy atom. The highest BCUT2D eigenvalue weighted by atomic mass is 16.5. The fourth-order valence-electron chi connectivity index (χ4n) is 4.59. The van der Waals surface area contributed by atoms with Crippen molar-refractivity contribution in [3.63, 3.8) is 0 Å². The molecule has 1 unspecified atom stereocenters.